The number of nitrogens with two attached hydrogens (primary N) is 2. The number of rotatable bonds is 5. The largest absolute Gasteiger partial charge is 0.382 e. The van der Waals surface area contributed by atoms with Crippen molar-refractivity contribution >= 4 is 29.1 Å². The second kappa shape index (κ2) is 6.44. The SMILES string of the molecule is CC(C)[C@@H](CNC(=O)c1nc(Cl)c(N)nc1N)[N+](C)(C)C. The van der Waals surface area contributed by atoms with Crippen LogP contribution in [-0.4, -0.2) is 54.1 Å². The summed E-state index contributed by atoms with van der Waals surface area (Å²) < 4.78 is 0.738. The van der Waals surface area contributed by atoms with E-state index in [4.69, 9.17) is 23.1 Å². The summed E-state index contributed by atoms with van der Waals surface area (Å²) in [7, 11) is 6.27. The molecule has 1 rings (SSSR count). The van der Waals surface area contributed by atoms with Gasteiger partial charge in [0.25, 0.3) is 5.91 Å². The molecule has 5 N–H and O–H groups in total. The fourth-order valence-electron chi connectivity index (χ4n) is 2.29. The van der Waals surface area contributed by atoms with Gasteiger partial charge in [0, 0.05) is 5.92 Å². The molecular weight excluding hydrogens is 292 g/mol. The Morgan fingerprint density at radius 1 is 1.24 bits per heavy atom. The van der Waals surface area contributed by atoms with E-state index in [0.717, 1.165) is 4.48 Å². The third kappa shape index (κ3) is 4.44. The van der Waals surface area contributed by atoms with Crippen LogP contribution < -0.4 is 16.8 Å². The van der Waals surface area contributed by atoms with Crippen LogP contribution in [0.4, 0.5) is 11.6 Å². The first kappa shape index (κ1) is 17.5. The van der Waals surface area contributed by atoms with E-state index in [0.29, 0.717) is 12.5 Å². The first-order valence-electron chi connectivity index (χ1n) is 6.71. The molecule has 1 aromatic heterocycles. The molecule has 0 saturated carbocycles. The van der Waals surface area contributed by atoms with Gasteiger partial charge in [0.05, 0.1) is 27.7 Å². The fourth-order valence-corrected chi connectivity index (χ4v) is 2.42. The number of anilines is 2. The van der Waals surface area contributed by atoms with Crippen molar-refractivity contribution in [2.45, 2.75) is 19.9 Å². The minimum atomic E-state index is -0.402. The molecule has 21 heavy (non-hydrogen) atoms. The monoisotopic (exact) mass is 315 g/mol. The van der Waals surface area contributed by atoms with Crippen molar-refractivity contribution in [1.29, 1.82) is 0 Å². The predicted molar refractivity (Wildman–Crippen MR) is 84.9 cm³/mol. The van der Waals surface area contributed by atoms with Crippen LogP contribution in [0.2, 0.25) is 5.15 Å². The minimum Gasteiger partial charge on any atom is -0.382 e. The van der Waals surface area contributed by atoms with E-state index in [1.807, 2.05) is 0 Å². The Kier molecular flexibility index (Phi) is 5.36. The fraction of sp³-hybridized carbons (Fsp3) is 0.615. The zero-order valence-corrected chi connectivity index (χ0v) is 13.9. The minimum absolute atomic E-state index is 0.00175. The number of quaternary nitrogens is 1. The summed E-state index contributed by atoms with van der Waals surface area (Å²) in [5.74, 6) is -0.0115. The van der Waals surface area contributed by atoms with Gasteiger partial charge in [-0.25, -0.2) is 9.97 Å². The molecule has 0 aliphatic rings. The smallest absolute Gasteiger partial charge is 0.274 e. The van der Waals surface area contributed by atoms with Crippen LogP contribution in [0.3, 0.4) is 0 Å². The maximum absolute atomic E-state index is 12.2. The van der Waals surface area contributed by atoms with Crippen molar-refractivity contribution in [3.63, 3.8) is 0 Å². The maximum Gasteiger partial charge on any atom is 0.274 e. The van der Waals surface area contributed by atoms with Gasteiger partial charge in [-0.05, 0) is 0 Å². The Hall–Kier alpha value is -1.60. The lowest BCUT2D eigenvalue weighted by Gasteiger charge is -2.36. The molecule has 0 aromatic carbocycles. The van der Waals surface area contributed by atoms with Crippen LogP contribution in [0.1, 0.15) is 24.3 Å². The highest BCUT2D eigenvalue weighted by Gasteiger charge is 2.28. The molecular formula is C13H24ClN6O+. The summed E-state index contributed by atoms with van der Waals surface area (Å²) in [5, 5.41) is 2.81. The first-order chi connectivity index (χ1) is 9.54. The van der Waals surface area contributed by atoms with Crippen molar-refractivity contribution < 1.29 is 9.28 Å². The van der Waals surface area contributed by atoms with Crippen LogP contribution >= 0.6 is 11.6 Å². The summed E-state index contributed by atoms with van der Waals surface area (Å²) >= 11 is 5.78. The topological polar surface area (TPSA) is 107 Å². The quantitative estimate of drug-likeness (QED) is 0.695. The average molecular weight is 316 g/mol. The molecule has 1 heterocycles. The van der Waals surface area contributed by atoms with E-state index in [1.54, 1.807) is 0 Å². The number of aromatic nitrogens is 2. The van der Waals surface area contributed by atoms with Crippen molar-refractivity contribution in [1.82, 2.24) is 15.3 Å². The second-order valence-corrected chi connectivity index (χ2v) is 6.63. The molecule has 0 saturated heterocycles. The number of amides is 1. The number of nitrogen functional groups attached to an aromatic ring is 2. The van der Waals surface area contributed by atoms with Gasteiger partial charge < -0.3 is 21.3 Å². The number of hydrogen-bond donors (Lipinski definition) is 3. The highest BCUT2D eigenvalue weighted by Crippen LogP contribution is 2.18. The Morgan fingerprint density at radius 3 is 2.29 bits per heavy atom. The van der Waals surface area contributed by atoms with Gasteiger partial charge in [-0.3, -0.25) is 4.79 Å². The normalized spacial score (nSPS) is 13.3. The van der Waals surface area contributed by atoms with Crippen LogP contribution in [0.25, 0.3) is 0 Å². The number of hydrogen-bond acceptors (Lipinski definition) is 5. The van der Waals surface area contributed by atoms with E-state index in [-0.39, 0.29) is 28.5 Å². The molecule has 8 heteroatoms. The van der Waals surface area contributed by atoms with Gasteiger partial charge in [-0.2, -0.15) is 0 Å². The third-order valence-corrected chi connectivity index (χ3v) is 3.63. The Labute approximate surface area is 130 Å². The lowest BCUT2D eigenvalue weighted by Crippen LogP contribution is -2.53. The van der Waals surface area contributed by atoms with Crippen LogP contribution in [0, 0.1) is 5.92 Å². The Morgan fingerprint density at radius 2 is 1.81 bits per heavy atom. The van der Waals surface area contributed by atoms with Gasteiger partial charge >= 0.3 is 0 Å². The summed E-state index contributed by atoms with van der Waals surface area (Å²) in [6.45, 7) is 4.74. The Balaban J connectivity index is 2.85. The standard InChI is InChI=1S/C13H23ClN6O/c1-7(2)8(20(3,4)5)6-17-13(21)9-11(15)19-12(16)10(14)18-9/h7-8H,6H2,1-5H3,(H4-,15,16,17,19,21)/p+1/t8-/m1/s1. The van der Waals surface area contributed by atoms with Crippen LogP contribution in [-0.2, 0) is 0 Å². The lowest BCUT2D eigenvalue weighted by molar-refractivity contribution is -0.898. The van der Waals surface area contributed by atoms with Crippen molar-refractivity contribution in [2.75, 3.05) is 39.2 Å². The highest BCUT2D eigenvalue weighted by atomic mass is 35.5. The predicted octanol–water partition coefficient (Wildman–Crippen LogP) is 0.755. The van der Waals surface area contributed by atoms with E-state index in [2.05, 4.69) is 50.3 Å². The van der Waals surface area contributed by atoms with E-state index in [9.17, 15) is 4.79 Å². The second-order valence-electron chi connectivity index (χ2n) is 6.27. The van der Waals surface area contributed by atoms with Gasteiger partial charge in [-0.1, -0.05) is 25.4 Å². The van der Waals surface area contributed by atoms with E-state index >= 15 is 0 Å². The molecule has 0 radical (unpaired) electrons. The molecule has 0 unspecified atom stereocenters. The highest BCUT2D eigenvalue weighted by molar-refractivity contribution is 6.31. The molecule has 1 amide bonds. The van der Waals surface area contributed by atoms with Crippen LogP contribution in [0.15, 0.2) is 0 Å². The molecule has 0 fully saturated rings. The van der Waals surface area contributed by atoms with E-state index < -0.39 is 5.91 Å². The number of likely N-dealkylation sites (N-methyl/N-ethyl adjacent to an activating group) is 1. The maximum atomic E-state index is 12.2. The van der Waals surface area contributed by atoms with Crippen molar-refractivity contribution in [2.24, 2.45) is 5.92 Å². The Bertz CT molecular complexity index is 526. The van der Waals surface area contributed by atoms with Crippen LogP contribution in [0.5, 0.6) is 0 Å². The number of halogens is 1. The van der Waals surface area contributed by atoms with E-state index in [1.165, 1.54) is 0 Å². The number of carbonyl (C=O) groups is 1. The molecule has 1 aromatic rings. The van der Waals surface area contributed by atoms with Gasteiger partial charge in [-0.15, -0.1) is 0 Å². The van der Waals surface area contributed by atoms with Gasteiger partial charge in [0.2, 0.25) is 0 Å². The number of nitrogens with one attached hydrogen (secondary N) is 1. The summed E-state index contributed by atoms with van der Waals surface area (Å²) in [5.41, 5.74) is 11.2. The molecule has 118 valence electrons. The number of carbonyl (C=O) groups excluding carboxylic acids is 1. The van der Waals surface area contributed by atoms with Gasteiger partial charge in [0.1, 0.15) is 6.04 Å². The number of nitrogens with zero attached hydrogens (tertiary/aromatic N) is 3. The average Bonchev–Trinajstić information content (AvgIpc) is 2.31. The first-order valence-corrected chi connectivity index (χ1v) is 7.09. The van der Waals surface area contributed by atoms with Gasteiger partial charge in [0.15, 0.2) is 22.5 Å². The molecule has 0 aliphatic carbocycles. The molecule has 0 spiro atoms. The zero-order valence-electron chi connectivity index (χ0n) is 13.1. The van der Waals surface area contributed by atoms with Crippen molar-refractivity contribution in [3.05, 3.63) is 10.8 Å². The molecule has 0 aliphatic heterocycles. The summed E-state index contributed by atoms with van der Waals surface area (Å²) in [4.78, 5) is 19.9. The zero-order chi connectivity index (χ0) is 16.4. The third-order valence-electron chi connectivity index (χ3n) is 3.36. The lowest BCUT2D eigenvalue weighted by atomic mass is 10.0. The van der Waals surface area contributed by atoms with Crippen molar-refractivity contribution in [3.8, 4) is 0 Å². The molecule has 7 nitrogen and oxygen atoms in total. The molecule has 0 bridgehead atoms. The summed E-state index contributed by atoms with van der Waals surface area (Å²) in [6.07, 6.45) is 0. The summed E-state index contributed by atoms with van der Waals surface area (Å²) in [6, 6.07) is 0.257. The molecule has 1 atom stereocenters.